The van der Waals surface area contributed by atoms with E-state index in [2.05, 4.69) is 22.4 Å². The van der Waals surface area contributed by atoms with Crippen LogP contribution < -0.4 is 10.9 Å². The Kier molecular flexibility index (Phi) is 6.21. The Morgan fingerprint density at radius 2 is 1.81 bits per heavy atom. The lowest BCUT2D eigenvalue weighted by atomic mass is 10.1. The van der Waals surface area contributed by atoms with E-state index in [9.17, 15) is 9.59 Å². The van der Waals surface area contributed by atoms with Crippen molar-refractivity contribution in [2.24, 2.45) is 0 Å². The Morgan fingerprint density at radius 1 is 1.03 bits per heavy atom. The number of pyridine rings is 1. The van der Waals surface area contributed by atoms with Gasteiger partial charge < -0.3 is 5.32 Å². The lowest BCUT2D eigenvalue weighted by Gasteiger charge is -2.17. The van der Waals surface area contributed by atoms with Gasteiger partial charge in [-0.2, -0.15) is 0 Å². The number of hydrogen-bond acceptors (Lipinski definition) is 3. The molecule has 1 amide bonds. The lowest BCUT2D eigenvalue weighted by Crippen LogP contribution is -2.37. The van der Waals surface area contributed by atoms with E-state index in [0.717, 1.165) is 29.7 Å². The van der Waals surface area contributed by atoms with Crippen LogP contribution in [0.1, 0.15) is 30.0 Å². The average Bonchev–Trinajstić information content (AvgIpc) is 3.06. The first-order valence-electron chi connectivity index (χ1n) is 10.9. The van der Waals surface area contributed by atoms with Gasteiger partial charge >= 0.3 is 0 Å². The molecule has 1 atom stereocenters. The van der Waals surface area contributed by atoms with E-state index in [0.29, 0.717) is 11.0 Å². The van der Waals surface area contributed by atoms with Gasteiger partial charge in [-0.3, -0.25) is 14.3 Å². The molecule has 0 radical (unpaired) electrons. The molecule has 4 rings (SSSR count). The number of nitrogens with zero attached hydrogens (tertiary/aromatic N) is 3. The van der Waals surface area contributed by atoms with Crippen LogP contribution in [-0.2, 0) is 17.8 Å². The number of rotatable bonds is 7. The summed E-state index contributed by atoms with van der Waals surface area (Å²) in [5.74, 6) is -0.148. The summed E-state index contributed by atoms with van der Waals surface area (Å²) in [6, 6.07) is 19.6. The molecule has 0 aliphatic carbocycles. The first-order chi connectivity index (χ1) is 15.4. The summed E-state index contributed by atoms with van der Waals surface area (Å²) in [5, 5.41) is 3.56. The normalized spacial score (nSPS) is 12.1. The van der Waals surface area contributed by atoms with Crippen molar-refractivity contribution in [3.05, 3.63) is 93.9 Å². The van der Waals surface area contributed by atoms with Crippen LogP contribution in [0.15, 0.2) is 71.7 Å². The highest BCUT2D eigenvalue weighted by molar-refractivity contribution is 5.80. The van der Waals surface area contributed by atoms with Crippen LogP contribution >= 0.6 is 0 Å². The summed E-state index contributed by atoms with van der Waals surface area (Å²) in [4.78, 5) is 30.5. The fourth-order valence-corrected chi connectivity index (χ4v) is 3.90. The van der Waals surface area contributed by atoms with E-state index in [4.69, 9.17) is 0 Å². The van der Waals surface area contributed by atoms with Crippen molar-refractivity contribution in [2.45, 2.75) is 46.2 Å². The van der Waals surface area contributed by atoms with Gasteiger partial charge in [0.2, 0.25) is 5.91 Å². The zero-order chi connectivity index (χ0) is 22.7. The number of aromatic nitrogens is 3. The molecule has 0 saturated carbocycles. The highest BCUT2D eigenvalue weighted by Gasteiger charge is 2.19. The molecule has 0 aliphatic heterocycles. The molecular weight excluding hydrogens is 400 g/mol. The van der Waals surface area contributed by atoms with E-state index in [1.165, 1.54) is 5.56 Å². The van der Waals surface area contributed by atoms with Gasteiger partial charge in [-0.25, -0.2) is 9.67 Å². The molecule has 2 aromatic carbocycles. The minimum Gasteiger partial charge on any atom is -0.352 e. The SMILES string of the molecule is Cc1ccc(-n2c(=O)c3cccnc3n2CC(=O)N[C@H](C)CCc2ccccc2)cc1C. The first-order valence-corrected chi connectivity index (χ1v) is 10.9. The Bertz CT molecular complexity index is 1300. The van der Waals surface area contributed by atoms with Crippen LogP contribution in [0.5, 0.6) is 0 Å². The molecule has 2 aromatic heterocycles. The number of amides is 1. The Labute approximate surface area is 187 Å². The quantitative estimate of drug-likeness (QED) is 0.485. The maximum atomic E-state index is 13.2. The van der Waals surface area contributed by atoms with E-state index >= 15 is 0 Å². The molecule has 6 nitrogen and oxygen atoms in total. The number of carbonyl (C=O) groups excluding carboxylic acids is 1. The summed E-state index contributed by atoms with van der Waals surface area (Å²) in [5.41, 5.74) is 4.52. The molecule has 6 heteroatoms. The minimum absolute atomic E-state index is 0.0123. The zero-order valence-corrected chi connectivity index (χ0v) is 18.7. The van der Waals surface area contributed by atoms with Gasteiger partial charge in [0.1, 0.15) is 6.54 Å². The molecule has 0 unspecified atom stereocenters. The van der Waals surface area contributed by atoms with Crippen molar-refractivity contribution in [3.63, 3.8) is 0 Å². The molecule has 4 aromatic rings. The maximum Gasteiger partial charge on any atom is 0.280 e. The Morgan fingerprint density at radius 3 is 2.56 bits per heavy atom. The smallest absolute Gasteiger partial charge is 0.280 e. The Hall–Kier alpha value is -3.67. The molecule has 0 spiro atoms. The van der Waals surface area contributed by atoms with Crippen molar-refractivity contribution < 1.29 is 4.79 Å². The van der Waals surface area contributed by atoms with Gasteiger partial charge in [0.05, 0.1) is 11.1 Å². The number of carbonyl (C=O) groups is 1. The zero-order valence-electron chi connectivity index (χ0n) is 18.7. The van der Waals surface area contributed by atoms with Crippen molar-refractivity contribution >= 4 is 16.9 Å². The third-order valence-corrected chi connectivity index (χ3v) is 5.84. The molecule has 0 fully saturated rings. The van der Waals surface area contributed by atoms with Gasteiger partial charge in [-0.15, -0.1) is 0 Å². The second kappa shape index (κ2) is 9.22. The molecule has 0 saturated heterocycles. The topological polar surface area (TPSA) is 68.9 Å². The van der Waals surface area contributed by atoms with Crippen LogP contribution in [0.4, 0.5) is 0 Å². The molecule has 1 N–H and O–H groups in total. The molecule has 0 aliphatic rings. The van der Waals surface area contributed by atoms with Crippen LogP contribution in [0, 0.1) is 13.8 Å². The summed E-state index contributed by atoms with van der Waals surface area (Å²) < 4.78 is 3.22. The van der Waals surface area contributed by atoms with Crippen molar-refractivity contribution in [3.8, 4) is 5.69 Å². The van der Waals surface area contributed by atoms with Gasteiger partial charge in [-0.05, 0) is 74.6 Å². The predicted octanol–water partition coefficient (Wildman–Crippen LogP) is 3.94. The lowest BCUT2D eigenvalue weighted by molar-refractivity contribution is -0.122. The van der Waals surface area contributed by atoms with Crippen molar-refractivity contribution in [2.75, 3.05) is 0 Å². The predicted molar refractivity (Wildman–Crippen MR) is 127 cm³/mol. The second-order valence-electron chi connectivity index (χ2n) is 8.31. The molecule has 32 heavy (non-hydrogen) atoms. The highest BCUT2D eigenvalue weighted by atomic mass is 16.2. The fourth-order valence-electron chi connectivity index (χ4n) is 3.90. The van der Waals surface area contributed by atoms with Crippen LogP contribution in [0.3, 0.4) is 0 Å². The second-order valence-corrected chi connectivity index (χ2v) is 8.31. The summed E-state index contributed by atoms with van der Waals surface area (Å²) >= 11 is 0. The molecule has 164 valence electrons. The van der Waals surface area contributed by atoms with E-state index in [1.54, 1.807) is 27.7 Å². The van der Waals surface area contributed by atoms with E-state index in [1.807, 2.05) is 57.2 Å². The van der Waals surface area contributed by atoms with Gasteiger partial charge in [0.15, 0.2) is 5.65 Å². The number of hydrogen-bond donors (Lipinski definition) is 1. The number of fused-ring (bicyclic) bond motifs is 1. The Balaban J connectivity index is 1.58. The fraction of sp³-hybridized carbons (Fsp3) is 0.269. The monoisotopic (exact) mass is 428 g/mol. The average molecular weight is 429 g/mol. The van der Waals surface area contributed by atoms with Gasteiger partial charge in [-0.1, -0.05) is 36.4 Å². The summed E-state index contributed by atoms with van der Waals surface area (Å²) in [6.45, 7) is 6.06. The largest absolute Gasteiger partial charge is 0.352 e. The molecular formula is C26H28N4O2. The minimum atomic E-state index is -0.179. The van der Waals surface area contributed by atoms with E-state index in [-0.39, 0.29) is 24.1 Å². The number of nitrogens with one attached hydrogen (secondary N) is 1. The van der Waals surface area contributed by atoms with Crippen LogP contribution in [0.2, 0.25) is 0 Å². The molecule has 0 bridgehead atoms. The third kappa shape index (κ3) is 4.49. The molecule has 2 heterocycles. The van der Waals surface area contributed by atoms with Crippen LogP contribution in [0.25, 0.3) is 16.7 Å². The highest BCUT2D eigenvalue weighted by Crippen LogP contribution is 2.17. The maximum absolute atomic E-state index is 13.2. The van der Waals surface area contributed by atoms with Crippen molar-refractivity contribution in [1.29, 1.82) is 0 Å². The number of benzene rings is 2. The third-order valence-electron chi connectivity index (χ3n) is 5.84. The summed E-state index contributed by atoms with van der Waals surface area (Å²) in [6.07, 6.45) is 3.37. The summed E-state index contributed by atoms with van der Waals surface area (Å²) in [7, 11) is 0. The van der Waals surface area contributed by atoms with Crippen molar-refractivity contribution in [1.82, 2.24) is 19.7 Å². The van der Waals surface area contributed by atoms with E-state index < -0.39 is 0 Å². The standard InChI is InChI=1S/C26H28N4O2/c1-18-11-14-22(16-19(18)2)30-26(32)23-10-7-15-27-25(23)29(30)17-24(31)28-20(3)12-13-21-8-5-4-6-9-21/h4-11,14-16,20H,12-13,17H2,1-3H3,(H,28,31)/t20-/m1/s1. The van der Waals surface area contributed by atoms with Gasteiger partial charge in [0, 0.05) is 12.2 Å². The van der Waals surface area contributed by atoms with Gasteiger partial charge in [0.25, 0.3) is 5.56 Å². The first kappa shape index (κ1) is 21.6. The number of aryl methyl sites for hydroxylation is 3. The van der Waals surface area contributed by atoms with Crippen LogP contribution in [-0.4, -0.2) is 26.3 Å².